The summed E-state index contributed by atoms with van der Waals surface area (Å²) in [5.41, 5.74) is -2.56. The molecule has 0 aromatic heterocycles. The second kappa shape index (κ2) is 6.95. The fourth-order valence-electron chi connectivity index (χ4n) is 1.55. The molecule has 0 N–H and O–H groups in total. The Kier molecular flexibility index (Phi) is 5.98. The summed E-state index contributed by atoms with van der Waals surface area (Å²) < 4.78 is 0. The Morgan fingerprint density at radius 3 is 1.90 bits per heavy atom. The van der Waals surface area contributed by atoms with Gasteiger partial charge in [0.05, 0.1) is 17.6 Å². The zero-order valence-electron chi connectivity index (χ0n) is 10.1. The molecule has 9 heteroatoms. The monoisotopic (exact) mass is 272 g/mol. The molecule has 1 aliphatic rings. The van der Waals surface area contributed by atoms with E-state index in [9.17, 15) is 9.90 Å². The molecule has 0 amide bonds. The molecule has 1 rings (SSSR count). The van der Waals surface area contributed by atoms with Crippen molar-refractivity contribution in [3.63, 3.8) is 0 Å². The van der Waals surface area contributed by atoms with E-state index >= 15 is 0 Å². The summed E-state index contributed by atoms with van der Waals surface area (Å²) in [4.78, 5) is 11.5. The zero-order valence-corrected chi connectivity index (χ0v) is 12.1. The summed E-state index contributed by atoms with van der Waals surface area (Å²) in [7, 11) is 0. The van der Waals surface area contributed by atoms with Gasteiger partial charge in [-0.1, -0.05) is 0 Å². The molecule has 0 spiro atoms. The minimum atomic E-state index is -1.85. The number of carbonyl (C=O) groups excluding carboxylic acids is 1. The van der Waals surface area contributed by atoms with Gasteiger partial charge in [0.1, 0.15) is 29.5 Å². The number of allylic oxidation sites excluding steroid dienone is 3. The predicted molar refractivity (Wildman–Crippen MR) is 52.8 cm³/mol. The van der Waals surface area contributed by atoms with Crippen LogP contribution in [0.2, 0.25) is 0 Å². The Morgan fingerprint density at radius 1 is 1.05 bits per heavy atom. The fourth-order valence-corrected chi connectivity index (χ4v) is 1.55. The quantitative estimate of drug-likeness (QED) is 0.341. The molecule has 88 valence electrons. The van der Waals surface area contributed by atoms with Crippen molar-refractivity contribution in [2.24, 2.45) is 0 Å². The second-order valence-corrected chi connectivity index (χ2v) is 3.14. The normalized spacial score (nSPS) is 16.8. The van der Waals surface area contributed by atoms with Crippen LogP contribution in [0.4, 0.5) is 0 Å². The molecule has 0 aromatic carbocycles. The maximum absolute atomic E-state index is 11.0. The van der Waals surface area contributed by atoms with Crippen LogP contribution in [-0.2, 0) is 4.79 Å². The largest absolute Gasteiger partial charge is 1.00 e. The molecule has 1 atom stereocenters. The number of carboxylic acid groups (broad SMARTS) is 1. The molecule has 0 saturated heterocycles. The van der Waals surface area contributed by atoms with E-state index in [0.717, 1.165) is 0 Å². The number of hydrogen-bond acceptors (Lipinski definition) is 8. The van der Waals surface area contributed by atoms with E-state index in [1.165, 1.54) is 30.5 Å². The average Bonchev–Trinajstić information content (AvgIpc) is 2.43. The van der Waals surface area contributed by atoms with E-state index < -0.39 is 34.4 Å². The minimum Gasteiger partial charge on any atom is -0.545 e. The molecular formula is C11HN6NaO2. The summed E-state index contributed by atoms with van der Waals surface area (Å²) in [5.74, 6) is -1.85. The van der Waals surface area contributed by atoms with Crippen LogP contribution in [0.5, 0.6) is 0 Å². The molecule has 1 heterocycles. The first-order valence-electron chi connectivity index (χ1n) is 4.56. The Labute approximate surface area is 135 Å². The molecule has 1 unspecified atom stereocenters. The number of hydrogen-bond donors (Lipinski definition) is 0. The van der Waals surface area contributed by atoms with Gasteiger partial charge in [-0.2, -0.15) is 26.3 Å². The van der Waals surface area contributed by atoms with Crippen LogP contribution in [0.15, 0.2) is 22.4 Å². The summed E-state index contributed by atoms with van der Waals surface area (Å²) in [6.45, 7) is 0. The molecule has 8 nitrogen and oxygen atoms in total. The second-order valence-electron chi connectivity index (χ2n) is 3.14. The van der Waals surface area contributed by atoms with Crippen LogP contribution in [0.1, 0.15) is 0 Å². The van der Waals surface area contributed by atoms with Gasteiger partial charge in [0.2, 0.25) is 0 Å². The Balaban J connectivity index is 0.00000361. The molecule has 0 aliphatic carbocycles. The van der Waals surface area contributed by atoms with Gasteiger partial charge in [-0.3, -0.25) is 0 Å². The van der Waals surface area contributed by atoms with Gasteiger partial charge in [-0.05, 0) is 0 Å². The van der Waals surface area contributed by atoms with Gasteiger partial charge in [0.15, 0.2) is 12.2 Å². The number of rotatable bonds is 1. The standard InChI is InChI=1S/C11H2N6O2.Na/c12-1-6-7(2-13)10(11(18)19)9(4-15)17(5-16)8(6)3-14;/h9H,(H,18,19);/q;+1/p-1. The van der Waals surface area contributed by atoms with Crippen molar-refractivity contribution < 1.29 is 39.5 Å². The van der Waals surface area contributed by atoms with Crippen molar-refractivity contribution in [1.82, 2.24) is 4.90 Å². The molecular weight excluding hydrogens is 271 g/mol. The average molecular weight is 272 g/mol. The first kappa shape index (κ1) is 17.2. The van der Waals surface area contributed by atoms with Crippen molar-refractivity contribution >= 4 is 5.97 Å². The van der Waals surface area contributed by atoms with Crippen molar-refractivity contribution in [2.45, 2.75) is 6.04 Å². The van der Waals surface area contributed by atoms with Crippen molar-refractivity contribution in [1.29, 1.82) is 26.3 Å². The van der Waals surface area contributed by atoms with E-state index in [-0.39, 0.29) is 29.6 Å². The van der Waals surface area contributed by atoms with E-state index in [1.54, 1.807) is 0 Å². The fraction of sp³-hybridized carbons (Fsp3) is 0.0909. The van der Waals surface area contributed by atoms with Crippen molar-refractivity contribution in [3.8, 4) is 30.5 Å². The SMILES string of the molecule is N#CC1=C(C(=O)[O-])C(C#N)N(C#N)C(C#N)=C1C#N.[Na+]. The summed E-state index contributed by atoms with van der Waals surface area (Å²) in [6.07, 6.45) is 1.44. The number of nitriles is 5. The maximum Gasteiger partial charge on any atom is 1.00 e. The number of aliphatic carboxylic acids is 1. The van der Waals surface area contributed by atoms with E-state index in [1.807, 2.05) is 0 Å². The molecule has 0 bridgehead atoms. The third-order valence-electron chi connectivity index (χ3n) is 2.31. The van der Waals surface area contributed by atoms with E-state index in [0.29, 0.717) is 4.90 Å². The van der Waals surface area contributed by atoms with Crippen molar-refractivity contribution in [3.05, 3.63) is 22.4 Å². The molecule has 0 aromatic rings. The Bertz CT molecular complexity index is 731. The molecule has 0 fully saturated rings. The van der Waals surface area contributed by atoms with E-state index in [2.05, 4.69) is 0 Å². The third kappa shape index (κ3) is 2.47. The van der Waals surface area contributed by atoms with Gasteiger partial charge in [0.25, 0.3) is 0 Å². The first-order valence-corrected chi connectivity index (χ1v) is 4.56. The third-order valence-corrected chi connectivity index (χ3v) is 2.31. The predicted octanol–water partition coefficient (Wildman–Crippen LogP) is -4.45. The number of carboxylic acids is 1. The van der Waals surface area contributed by atoms with Crippen LogP contribution >= 0.6 is 0 Å². The molecule has 20 heavy (non-hydrogen) atoms. The Morgan fingerprint density at radius 2 is 1.60 bits per heavy atom. The minimum absolute atomic E-state index is 0. The topological polar surface area (TPSA) is 162 Å². The van der Waals surface area contributed by atoms with Gasteiger partial charge in [-0.25, -0.2) is 4.90 Å². The van der Waals surface area contributed by atoms with Gasteiger partial charge < -0.3 is 9.90 Å². The van der Waals surface area contributed by atoms with Crippen LogP contribution in [0.3, 0.4) is 0 Å². The van der Waals surface area contributed by atoms with Crippen LogP contribution in [0.25, 0.3) is 0 Å². The smallest absolute Gasteiger partial charge is 0.545 e. The van der Waals surface area contributed by atoms with Crippen LogP contribution in [0, 0.1) is 56.8 Å². The number of nitrogens with zero attached hydrogens (tertiary/aromatic N) is 6. The van der Waals surface area contributed by atoms with Crippen molar-refractivity contribution in [2.75, 3.05) is 0 Å². The summed E-state index contributed by atoms with van der Waals surface area (Å²) in [5, 5.41) is 55.4. The number of carbonyl (C=O) groups is 1. The van der Waals surface area contributed by atoms with Crippen LogP contribution < -0.4 is 34.7 Å². The van der Waals surface area contributed by atoms with Gasteiger partial charge >= 0.3 is 29.6 Å². The molecule has 0 radical (unpaired) electrons. The first-order chi connectivity index (χ1) is 9.06. The van der Waals surface area contributed by atoms with Gasteiger partial charge in [0, 0.05) is 5.57 Å². The van der Waals surface area contributed by atoms with E-state index in [4.69, 9.17) is 26.3 Å². The van der Waals surface area contributed by atoms with Gasteiger partial charge in [-0.15, -0.1) is 0 Å². The molecule has 0 saturated carbocycles. The van der Waals surface area contributed by atoms with Crippen LogP contribution in [-0.4, -0.2) is 16.9 Å². The summed E-state index contributed by atoms with van der Waals surface area (Å²) in [6, 6.07) is 4.24. The summed E-state index contributed by atoms with van der Waals surface area (Å²) >= 11 is 0. The zero-order chi connectivity index (χ0) is 14.6. The maximum atomic E-state index is 11.0. The molecule has 1 aliphatic heterocycles. The Hall–Kier alpha value is -2.80.